The Morgan fingerprint density at radius 2 is 1.78 bits per heavy atom. The van der Waals surface area contributed by atoms with Crippen molar-refractivity contribution < 1.29 is 28.7 Å². The molecule has 6 nitrogen and oxygen atoms in total. The van der Waals surface area contributed by atoms with Gasteiger partial charge in [0.25, 0.3) is 0 Å². The van der Waals surface area contributed by atoms with Crippen molar-refractivity contribution in [1.82, 2.24) is 0 Å². The molecule has 0 rings (SSSR count). The largest absolute Gasteiger partial charge is 0.466 e. The smallest absolute Gasteiger partial charge is 0.330 e. The molecule has 6 heteroatoms. The molecule has 1 unspecified atom stereocenters. The number of carbonyl (C=O) groups is 4. The molecule has 0 aromatic rings. The zero-order valence-corrected chi connectivity index (χ0v) is 10.3. The van der Waals surface area contributed by atoms with E-state index >= 15 is 0 Å². The lowest BCUT2D eigenvalue weighted by atomic mass is 10.1. The fourth-order valence-electron chi connectivity index (χ4n) is 1.05. The summed E-state index contributed by atoms with van der Waals surface area (Å²) in [5.41, 5.74) is -0.0275. The van der Waals surface area contributed by atoms with Crippen molar-refractivity contribution in [3.63, 3.8) is 0 Å². The summed E-state index contributed by atoms with van der Waals surface area (Å²) in [6.07, 6.45) is 2.59. The van der Waals surface area contributed by atoms with Gasteiger partial charge in [0.05, 0.1) is 7.11 Å². The van der Waals surface area contributed by atoms with Crippen LogP contribution in [0.5, 0.6) is 0 Å². The van der Waals surface area contributed by atoms with Crippen molar-refractivity contribution in [3.8, 4) is 0 Å². The number of aldehydes is 1. The quantitative estimate of drug-likeness (QED) is 0.294. The molecule has 0 aliphatic rings. The Kier molecular flexibility index (Phi) is 6.95. The van der Waals surface area contributed by atoms with E-state index in [9.17, 15) is 19.2 Å². The molecule has 0 heterocycles. The molecule has 0 aromatic carbocycles. The lowest BCUT2D eigenvalue weighted by Crippen LogP contribution is -2.24. The lowest BCUT2D eigenvalue weighted by molar-refractivity contribution is -0.147. The van der Waals surface area contributed by atoms with Gasteiger partial charge in [-0.2, -0.15) is 0 Å². The van der Waals surface area contributed by atoms with Gasteiger partial charge < -0.3 is 9.47 Å². The first-order valence-electron chi connectivity index (χ1n) is 5.02. The van der Waals surface area contributed by atoms with E-state index in [0.717, 1.165) is 13.0 Å². The van der Waals surface area contributed by atoms with E-state index in [0.29, 0.717) is 6.29 Å². The predicted octanol–water partition coefficient (Wildman–Crippen LogP) is 0.362. The second kappa shape index (κ2) is 7.94. The van der Waals surface area contributed by atoms with Gasteiger partial charge in [-0.15, -0.1) is 0 Å². The van der Waals surface area contributed by atoms with E-state index in [1.807, 2.05) is 0 Å². The second-order valence-corrected chi connectivity index (χ2v) is 3.23. The van der Waals surface area contributed by atoms with Crippen LogP contribution in [0.1, 0.15) is 13.8 Å². The van der Waals surface area contributed by atoms with Crippen LogP contribution in [0.3, 0.4) is 0 Å². The maximum Gasteiger partial charge on any atom is 0.330 e. The number of hydrogen-bond acceptors (Lipinski definition) is 6. The number of esters is 2. The maximum absolute atomic E-state index is 11.3. The first-order valence-corrected chi connectivity index (χ1v) is 5.02. The summed E-state index contributed by atoms with van der Waals surface area (Å²) in [4.78, 5) is 43.6. The molecule has 0 aliphatic carbocycles. The molecule has 0 fully saturated rings. The van der Waals surface area contributed by atoms with E-state index < -0.39 is 23.8 Å². The first-order chi connectivity index (χ1) is 8.42. The number of allylic oxidation sites excluding steroid dienone is 2. The highest BCUT2D eigenvalue weighted by atomic mass is 16.5. The Bertz CT molecular complexity index is 405. The van der Waals surface area contributed by atoms with Crippen LogP contribution in [-0.4, -0.2) is 37.2 Å². The number of ketones is 1. The van der Waals surface area contributed by atoms with E-state index in [1.54, 1.807) is 0 Å². The van der Waals surface area contributed by atoms with Crippen LogP contribution in [0.25, 0.3) is 0 Å². The molecule has 0 aromatic heterocycles. The molecule has 0 aliphatic heterocycles. The number of hydrogen-bond donors (Lipinski definition) is 0. The minimum atomic E-state index is -1.28. The summed E-state index contributed by atoms with van der Waals surface area (Å²) >= 11 is 0. The van der Waals surface area contributed by atoms with E-state index in [4.69, 9.17) is 0 Å². The van der Waals surface area contributed by atoms with E-state index in [2.05, 4.69) is 9.47 Å². The third kappa shape index (κ3) is 5.74. The zero-order chi connectivity index (χ0) is 14.1. The Morgan fingerprint density at radius 1 is 1.17 bits per heavy atom. The Hall–Kier alpha value is -2.24. The minimum absolute atomic E-state index is 0.0275. The van der Waals surface area contributed by atoms with Crippen LogP contribution in [0.15, 0.2) is 23.8 Å². The zero-order valence-electron chi connectivity index (χ0n) is 10.3. The molecule has 0 amide bonds. The van der Waals surface area contributed by atoms with Gasteiger partial charge in [0, 0.05) is 18.6 Å². The van der Waals surface area contributed by atoms with E-state index in [-0.39, 0.29) is 5.57 Å². The van der Waals surface area contributed by atoms with Crippen LogP contribution in [0.4, 0.5) is 0 Å². The van der Waals surface area contributed by atoms with Gasteiger partial charge in [-0.3, -0.25) is 14.4 Å². The third-order valence-corrected chi connectivity index (χ3v) is 1.84. The summed E-state index contributed by atoms with van der Waals surface area (Å²) in [7, 11) is 1.20. The summed E-state index contributed by atoms with van der Waals surface area (Å²) in [5.74, 6) is -1.73. The van der Waals surface area contributed by atoms with Gasteiger partial charge in [0.1, 0.15) is 0 Å². The standard InChI is InChI=1S/C12H14O6/c1-8(14)10(5-4-6-12(16)17-3)11(7-13)18-9(2)15/h4-7,11H,1-3H3. The Balaban J connectivity index is 5.04. The summed E-state index contributed by atoms with van der Waals surface area (Å²) in [5, 5.41) is 0. The van der Waals surface area contributed by atoms with Crippen LogP contribution >= 0.6 is 0 Å². The van der Waals surface area contributed by atoms with Crippen molar-refractivity contribution in [1.29, 1.82) is 0 Å². The van der Waals surface area contributed by atoms with Gasteiger partial charge >= 0.3 is 11.9 Å². The molecular weight excluding hydrogens is 240 g/mol. The Morgan fingerprint density at radius 3 is 2.17 bits per heavy atom. The van der Waals surface area contributed by atoms with Gasteiger partial charge in [0.2, 0.25) is 0 Å². The first kappa shape index (κ1) is 15.8. The summed E-state index contributed by atoms with van der Waals surface area (Å²) in [6, 6.07) is 0. The van der Waals surface area contributed by atoms with Crippen molar-refractivity contribution >= 4 is 24.0 Å². The summed E-state index contributed by atoms with van der Waals surface area (Å²) in [6.45, 7) is 2.34. The normalized spacial score (nSPS) is 12.9. The van der Waals surface area contributed by atoms with Crippen LogP contribution in [-0.2, 0) is 28.7 Å². The average Bonchev–Trinajstić information content (AvgIpc) is 2.31. The number of rotatable bonds is 6. The molecule has 0 saturated heterocycles. The Labute approximate surface area is 104 Å². The predicted molar refractivity (Wildman–Crippen MR) is 61.5 cm³/mol. The van der Waals surface area contributed by atoms with Crippen molar-refractivity contribution in [2.45, 2.75) is 20.0 Å². The number of ether oxygens (including phenoxy) is 2. The fraction of sp³-hybridized carbons (Fsp3) is 0.333. The highest BCUT2D eigenvalue weighted by molar-refractivity contribution is 5.99. The van der Waals surface area contributed by atoms with Gasteiger partial charge in [0.15, 0.2) is 18.2 Å². The van der Waals surface area contributed by atoms with Crippen LogP contribution < -0.4 is 0 Å². The highest BCUT2D eigenvalue weighted by Gasteiger charge is 2.19. The van der Waals surface area contributed by atoms with Crippen molar-refractivity contribution in [2.75, 3.05) is 7.11 Å². The third-order valence-electron chi connectivity index (χ3n) is 1.84. The molecule has 0 bridgehead atoms. The molecule has 0 saturated carbocycles. The van der Waals surface area contributed by atoms with Crippen molar-refractivity contribution in [3.05, 3.63) is 23.8 Å². The van der Waals surface area contributed by atoms with Crippen molar-refractivity contribution in [2.24, 2.45) is 0 Å². The van der Waals surface area contributed by atoms with Gasteiger partial charge in [-0.05, 0) is 6.92 Å². The topological polar surface area (TPSA) is 86.7 Å². The van der Waals surface area contributed by atoms with Crippen LogP contribution in [0.2, 0.25) is 0 Å². The number of methoxy groups -OCH3 is 1. The SMILES string of the molecule is COC(=O)C=CC=C(C(C)=O)C(C=O)OC(C)=O. The minimum Gasteiger partial charge on any atom is -0.466 e. The second-order valence-electron chi connectivity index (χ2n) is 3.23. The highest BCUT2D eigenvalue weighted by Crippen LogP contribution is 2.07. The molecule has 1 atom stereocenters. The number of carbonyl (C=O) groups excluding carboxylic acids is 4. The monoisotopic (exact) mass is 254 g/mol. The van der Waals surface area contributed by atoms with Gasteiger partial charge in [-0.1, -0.05) is 12.2 Å². The lowest BCUT2D eigenvalue weighted by Gasteiger charge is -2.11. The maximum atomic E-state index is 11.3. The fourth-order valence-corrected chi connectivity index (χ4v) is 1.05. The molecule has 98 valence electrons. The molecule has 0 spiro atoms. The molecule has 18 heavy (non-hydrogen) atoms. The average molecular weight is 254 g/mol. The van der Waals surface area contributed by atoms with Gasteiger partial charge in [-0.25, -0.2) is 4.79 Å². The molecular formula is C12H14O6. The molecule has 0 N–H and O–H groups in total. The number of Topliss-reactive ketones (excluding diaryl/α,β-unsaturated/α-hetero) is 1. The molecule has 0 radical (unpaired) electrons. The van der Waals surface area contributed by atoms with E-state index in [1.165, 1.54) is 26.2 Å². The van der Waals surface area contributed by atoms with Crippen LogP contribution in [0, 0.1) is 0 Å². The summed E-state index contributed by atoms with van der Waals surface area (Å²) < 4.78 is 9.01.